The second kappa shape index (κ2) is 8.96. The molecular weight excluding hydrogens is 326 g/mol. The van der Waals surface area contributed by atoms with Gasteiger partial charge in [-0.2, -0.15) is 0 Å². The summed E-state index contributed by atoms with van der Waals surface area (Å²) in [5, 5.41) is 0. The van der Waals surface area contributed by atoms with Gasteiger partial charge in [-0.05, 0) is 50.3 Å². The molecule has 0 N–H and O–H groups in total. The van der Waals surface area contributed by atoms with Crippen LogP contribution in [0.15, 0.2) is 18.3 Å². The highest BCUT2D eigenvalue weighted by molar-refractivity contribution is 5.77. The number of carbonyl (C=O) groups excluding carboxylic acids is 1. The first kappa shape index (κ1) is 19.3. The molecule has 1 aromatic heterocycles. The van der Waals surface area contributed by atoms with Crippen LogP contribution in [0.5, 0.6) is 0 Å². The van der Waals surface area contributed by atoms with Crippen molar-refractivity contribution in [2.45, 2.75) is 52.0 Å². The molecule has 1 spiro atoms. The maximum atomic E-state index is 12.3. The van der Waals surface area contributed by atoms with E-state index in [0.717, 1.165) is 64.3 Å². The molecule has 5 nitrogen and oxygen atoms in total. The number of amides is 1. The predicted octanol–water partition coefficient (Wildman–Crippen LogP) is 2.89. The molecule has 2 saturated heterocycles. The number of methoxy groups -OCH3 is 1. The van der Waals surface area contributed by atoms with E-state index in [1.165, 1.54) is 18.4 Å². The minimum Gasteiger partial charge on any atom is -0.385 e. The molecule has 0 aromatic carbocycles. The summed E-state index contributed by atoms with van der Waals surface area (Å²) < 4.78 is 5.15. The largest absolute Gasteiger partial charge is 0.385 e. The summed E-state index contributed by atoms with van der Waals surface area (Å²) in [6.45, 7) is 7.76. The molecule has 3 rings (SSSR count). The molecule has 0 radical (unpaired) electrons. The maximum Gasteiger partial charge on any atom is 0.222 e. The van der Waals surface area contributed by atoms with Crippen LogP contribution in [0.4, 0.5) is 0 Å². The number of aryl methyl sites for hydroxylation is 1. The fourth-order valence-electron chi connectivity index (χ4n) is 4.47. The van der Waals surface area contributed by atoms with Crippen molar-refractivity contribution in [1.82, 2.24) is 14.8 Å². The standard InChI is InChI=1S/C21H33N3O2/c1-3-18-6-7-19(22-14-18)15-23-11-4-9-21(16-23)10-8-20(25)24(17-21)12-5-13-26-2/h6-7,14H,3-5,8-13,15-17H2,1-2H3/t21-/m1/s1. The van der Waals surface area contributed by atoms with E-state index in [2.05, 4.69) is 33.8 Å². The van der Waals surface area contributed by atoms with Crippen LogP contribution in [-0.4, -0.2) is 60.6 Å². The van der Waals surface area contributed by atoms with Gasteiger partial charge in [0.1, 0.15) is 0 Å². The second-order valence-electron chi connectivity index (χ2n) is 7.99. The van der Waals surface area contributed by atoms with E-state index in [9.17, 15) is 4.79 Å². The summed E-state index contributed by atoms with van der Waals surface area (Å²) in [7, 11) is 1.72. The highest BCUT2D eigenvalue weighted by Gasteiger charge is 2.41. The van der Waals surface area contributed by atoms with Crippen molar-refractivity contribution >= 4 is 5.91 Å². The summed E-state index contributed by atoms with van der Waals surface area (Å²) in [5.74, 6) is 0.320. The molecule has 0 aliphatic carbocycles. The Morgan fingerprint density at radius 2 is 2.15 bits per heavy atom. The van der Waals surface area contributed by atoms with E-state index in [0.29, 0.717) is 12.3 Å². The number of nitrogens with zero attached hydrogens (tertiary/aromatic N) is 3. The van der Waals surface area contributed by atoms with E-state index in [1.54, 1.807) is 7.11 Å². The molecule has 144 valence electrons. The Kier molecular flexibility index (Phi) is 6.65. The molecule has 5 heteroatoms. The normalized spacial score (nSPS) is 24.4. The summed E-state index contributed by atoms with van der Waals surface area (Å²) in [6, 6.07) is 4.36. The van der Waals surface area contributed by atoms with Crippen molar-refractivity contribution in [3.05, 3.63) is 29.6 Å². The number of pyridine rings is 1. The topological polar surface area (TPSA) is 45.7 Å². The first-order chi connectivity index (χ1) is 12.6. The lowest BCUT2D eigenvalue weighted by Gasteiger charge is -2.48. The van der Waals surface area contributed by atoms with Gasteiger partial charge >= 0.3 is 0 Å². The van der Waals surface area contributed by atoms with Crippen LogP contribution in [0, 0.1) is 5.41 Å². The Hall–Kier alpha value is -1.46. The van der Waals surface area contributed by atoms with Gasteiger partial charge in [-0.3, -0.25) is 14.7 Å². The van der Waals surface area contributed by atoms with Gasteiger partial charge in [-0.1, -0.05) is 13.0 Å². The van der Waals surface area contributed by atoms with Gasteiger partial charge in [0.25, 0.3) is 0 Å². The number of rotatable bonds is 7. The first-order valence-electron chi connectivity index (χ1n) is 10.1. The number of hydrogen-bond donors (Lipinski definition) is 0. The van der Waals surface area contributed by atoms with Gasteiger partial charge in [0.05, 0.1) is 5.69 Å². The predicted molar refractivity (Wildman–Crippen MR) is 103 cm³/mol. The van der Waals surface area contributed by atoms with Crippen molar-refractivity contribution in [3.63, 3.8) is 0 Å². The van der Waals surface area contributed by atoms with Crippen LogP contribution in [0.25, 0.3) is 0 Å². The lowest BCUT2D eigenvalue weighted by molar-refractivity contribution is -0.139. The van der Waals surface area contributed by atoms with Crippen molar-refractivity contribution in [2.75, 3.05) is 39.9 Å². The monoisotopic (exact) mass is 359 g/mol. The SMILES string of the molecule is CCc1ccc(CN2CCC[C@@]3(CCC(=O)N(CCCOC)C3)C2)nc1. The zero-order chi connectivity index (χ0) is 18.4. The van der Waals surface area contributed by atoms with Crippen molar-refractivity contribution < 1.29 is 9.53 Å². The number of ether oxygens (including phenoxy) is 1. The minimum absolute atomic E-state index is 0.266. The minimum atomic E-state index is 0.266. The van der Waals surface area contributed by atoms with Crippen LogP contribution < -0.4 is 0 Å². The van der Waals surface area contributed by atoms with E-state index >= 15 is 0 Å². The lowest BCUT2D eigenvalue weighted by Crippen LogP contribution is -2.54. The second-order valence-corrected chi connectivity index (χ2v) is 7.99. The highest BCUT2D eigenvalue weighted by Crippen LogP contribution is 2.39. The molecule has 1 atom stereocenters. The smallest absolute Gasteiger partial charge is 0.222 e. The number of carbonyl (C=O) groups is 1. The number of aromatic nitrogens is 1. The van der Waals surface area contributed by atoms with Gasteiger partial charge in [-0.25, -0.2) is 0 Å². The molecule has 0 unspecified atom stereocenters. The van der Waals surface area contributed by atoms with Gasteiger partial charge in [0.15, 0.2) is 0 Å². The quantitative estimate of drug-likeness (QED) is 0.702. The van der Waals surface area contributed by atoms with Crippen LogP contribution >= 0.6 is 0 Å². The van der Waals surface area contributed by atoms with Gasteiger partial charge in [0.2, 0.25) is 5.91 Å². The summed E-state index contributed by atoms with van der Waals surface area (Å²) in [4.78, 5) is 21.6. The Balaban J connectivity index is 1.59. The van der Waals surface area contributed by atoms with Crippen molar-refractivity contribution in [1.29, 1.82) is 0 Å². The summed E-state index contributed by atoms with van der Waals surface area (Å²) in [5.41, 5.74) is 2.72. The van der Waals surface area contributed by atoms with Gasteiger partial charge < -0.3 is 9.64 Å². The third-order valence-electron chi connectivity index (χ3n) is 5.94. The zero-order valence-electron chi connectivity index (χ0n) is 16.4. The van der Waals surface area contributed by atoms with E-state index < -0.39 is 0 Å². The number of piperidine rings is 2. The summed E-state index contributed by atoms with van der Waals surface area (Å²) >= 11 is 0. The lowest BCUT2D eigenvalue weighted by atomic mass is 9.73. The zero-order valence-corrected chi connectivity index (χ0v) is 16.4. The van der Waals surface area contributed by atoms with Crippen molar-refractivity contribution in [2.24, 2.45) is 5.41 Å². The fourth-order valence-corrected chi connectivity index (χ4v) is 4.47. The molecule has 2 fully saturated rings. The van der Waals surface area contributed by atoms with Crippen LogP contribution in [-0.2, 0) is 22.5 Å². The van der Waals surface area contributed by atoms with Crippen LogP contribution in [0.2, 0.25) is 0 Å². The van der Waals surface area contributed by atoms with Crippen LogP contribution in [0.3, 0.4) is 0 Å². The molecule has 3 heterocycles. The molecule has 2 aliphatic rings. The molecule has 0 bridgehead atoms. The molecule has 1 amide bonds. The van der Waals surface area contributed by atoms with Gasteiger partial charge in [-0.15, -0.1) is 0 Å². The molecule has 26 heavy (non-hydrogen) atoms. The Bertz CT molecular complexity index is 589. The Labute approximate surface area is 157 Å². The molecule has 1 aromatic rings. The first-order valence-corrected chi connectivity index (χ1v) is 10.1. The third kappa shape index (κ3) is 4.83. The number of hydrogen-bond acceptors (Lipinski definition) is 4. The highest BCUT2D eigenvalue weighted by atomic mass is 16.5. The Morgan fingerprint density at radius 3 is 2.88 bits per heavy atom. The fraction of sp³-hybridized carbons (Fsp3) is 0.714. The van der Waals surface area contributed by atoms with E-state index in [-0.39, 0.29) is 5.41 Å². The third-order valence-corrected chi connectivity index (χ3v) is 5.94. The van der Waals surface area contributed by atoms with E-state index in [4.69, 9.17) is 4.74 Å². The maximum absolute atomic E-state index is 12.3. The average molecular weight is 360 g/mol. The molecule has 0 saturated carbocycles. The molecule has 2 aliphatic heterocycles. The average Bonchev–Trinajstić information content (AvgIpc) is 2.66. The molecular formula is C21H33N3O2. The Morgan fingerprint density at radius 1 is 1.27 bits per heavy atom. The van der Waals surface area contributed by atoms with E-state index in [1.807, 2.05) is 6.20 Å². The van der Waals surface area contributed by atoms with Crippen molar-refractivity contribution in [3.8, 4) is 0 Å². The van der Waals surface area contributed by atoms with Crippen LogP contribution in [0.1, 0.15) is 50.3 Å². The number of likely N-dealkylation sites (tertiary alicyclic amines) is 2. The summed E-state index contributed by atoms with van der Waals surface area (Å²) in [6.07, 6.45) is 8.15. The van der Waals surface area contributed by atoms with Gasteiger partial charge in [0, 0.05) is 57.9 Å².